The Morgan fingerprint density at radius 1 is 1.29 bits per heavy atom. The molecule has 1 unspecified atom stereocenters. The summed E-state index contributed by atoms with van der Waals surface area (Å²) in [5.41, 5.74) is 0. The summed E-state index contributed by atoms with van der Waals surface area (Å²) >= 11 is 5.67. The Hall–Kier alpha value is -0.940. The number of nitrogens with zero attached hydrogens (tertiary/aromatic N) is 1. The molecular weight excluding hydrogens is 374 g/mol. The van der Waals surface area contributed by atoms with Crippen molar-refractivity contribution in [2.45, 2.75) is 17.1 Å². The molecule has 1 fully saturated rings. The van der Waals surface area contributed by atoms with Crippen LogP contribution >= 0.6 is 11.6 Å². The molecule has 1 atom stereocenters. The van der Waals surface area contributed by atoms with Crippen molar-refractivity contribution in [1.82, 2.24) is 14.9 Å². The molecule has 0 amide bonds. The van der Waals surface area contributed by atoms with Crippen molar-refractivity contribution in [3.8, 4) is 0 Å². The van der Waals surface area contributed by atoms with Crippen molar-refractivity contribution < 1.29 is 26.0 Å². The molecule has 0 radical (unpaired) electrons. The summed E-state index contributed by atoms with van der Waals surface area (Å²) in [6.07, 6.45) is -4.63. The third-order valence-electron chi connectivity index (χ3n) is 3.62. The van der Waals surface area contributed by atoms with Gasteiger partial charge < -0.3 is 5.32 Å². The van der Waals surface area contributed by atoms with E-state index in [1.54, 1.807) is 0 Å². The van der Waals surface area contributed by atoms with Crippen molar-refractivity contribution in [2.24, 2.45) is 0 Å². The maximum absolute atomic E-state index is 13.7. The fraction of sp³-hybridized carbons (Fsp3) is 0.538. The lowest BCUT2D eigenvalue weighted by Crippen LogP contribution is -2.57. The van der Waals surface area contributed by atoms with E-state index in [2.05, 4.69) is 5.32 Å². The number of benzene rings is 1. The number of piperazine rings is 1. The standard InChI is InChI=1S/C13H16ClF4N3O2S/c14-9-2-1-3-10(15)12(9)24(22,23)20-8-11(13(16,17)18)21-6-4-19-5-7-21/h1-3,11,19-20H,4-8H2. The molecule has 1 saturated heterocycles. The van der Waals surface area contributed by atoms with Gasteiger partial charge in [0.05, 0.1) is 5.02 Å². The van der Waals surface area contributed by atoms with Gasteiger partial charge >= 0.3 is 6.18 Å². The number of sulfonamides is 1. The van der Waals surface area contributed by atoms with Crippen LogP contribution in [-0.4, -0.2) is 58.3 Å². The van der Waals surface area contributed by atoms with Gasteiger partial charge in [-0.25, -0.2) is 17.5 Å². The largest absolute Gasteiger partial charge is 0.405 e. The van der Waals surface area contributed by atoms with Gasteiger partial charge in [0, 0.05) is 32.7 Å². The quantitative estimate of drug-likeness (QED) is 0.751. The van der Waals surface area contributed by atoms with Crippen LogP contribution in [0, 0.1) is 5.82 Å². The first-order chi connectivity index (χ1) is 11.1. The summed E-state index contributed by atoms with van der Waals surface area (Å²) < 4.78 is 79.6. The summed E-state index contributed by atoms with van der Waals surface area (Å²) in [5, 5.41) is 2.52. The molecule has 11 heteroatoms. The van der Waals surface area contributed by atoms with Crippen LogP contribution in [0.2, 0.25) is 5.02 Å². The van der Waals surface area contributed by atoms with Gasteiger partial charge in [0.25, 0.3) is 0 Å². The summed E-state index contributed by atoms with van der Waals surface area (Å²) in [5.74, 6) is -1.12. The van der Waals surface area contributed by atoms with Crippen LogP contribution in [0.15, 0.2) is 23.1 Å². The molecule has 1 heterocycles. The van der Waals surface area contributed by atoms with E-state index in [-0.39, 0.29) is 13.1 Å². The summed E-state index contributed by atoms with van der Waals surface area (Å²) in [6.45, 7) is 0.0894. The second-order valence-corrected chi connectivity index (χ2v) is 7.36. The maximum Gasteiger partial charge on any atom is 0.405 e. The minimum absolute atomic E-state index is 0.131. The maximum atomic E-state index is 13.7. The van der Waals surface area contributed by atoms with Crippen LogP contribution in [0.1, 0.15) is 0 Å². The van der Waals surface area contributed by atoms with Gasteiger partial charge in [-0.05, 0) is 12.1 Å². The predicted molar refractivity (Wildman–Crippen MR) is 80.9 cm³/mol. The highest BCUT2D eigenvalue weighted by molar-refractivity contribution is 7.89. The number of rotatable bonds is 5. The zero-order valence-corrected chi connectivity index (χ0v) is 14.0. The average Bonchev–Trinajstić information content (AvgIpc) is 2.46. The third kappa shape index (κ3) is 4.57. The van der Waals surface area contributed by atoms with Crippen molar-refractivity contribution in [2.75, 3.05) is 32.7 Å². The zero-order valence-electron chi connectivity index (χ0n) is 12.4. The molecule has 0 saturated carbocycles. The van der Waals surface area contributed by atoms with Crippen molar-refractivity contribution in [3.05, 3.63) is 29.0 Å². The van der Waals surface area contributed by atoms with E-state index in [1.165, 1.54) is 6.07 Å². The summed E-state index contributed by atoms with van der Waals surface area (Å²) in [6, 6.07) is 1.23. The lowest BCUT2D eigenvalue weighted by Gasteiger charge is -2.35. The van der Waals surface area contributed by atoms with Crippen molar-refractivity contribution in [3.63, 3.8) is 0 Å². The molecule has 2 rings (SSSR count). The van der Waals surface area contributed by atoms with Crippen LogP contribution < -0.4 is 10.0 Å². The van der Waals surface area contributed by atoms with Gasteiger partial charge in [-0.1, -0.05) is 17.7 Å². The molecule has 1 aliphatic rings. The molecule has 1 aromatic carbocycles. The van der Waals surface area contributed by atoms with Gasteiger partial charge in [-0.2, -0.15) is 13.2 Å². The molecular formula is C13H16ClF4N3O2S. The molecule has 1 aromatic rings. The molecule has 0 aliphatic carbocycles. The van der Waals surface area contributed by atoms with Crippen LogP contribution in [0.25, 0.3) is 0 Å². The molecule has 0 bridgehead atoms. The first-order valence-electron chi connectivity index (χ1n) is 7.08. The van der Waals surface area contributed by atoms with E-state index in [1.807, 2.05) is 4.72 Å². The highest BCUT2D eigenvalue weighted by atomic mass is 35.5. The molecule has 5 nitrogen and oxygen atoms in total. The summed E-state index contributed by atoms with van der Waals surface area (Å²) in [7, 11) is -4.51. The molecule has 0 aromatic heterocycles. The van der Waals surface area contributed by atoms with Gasteiger partial charge in [-0.15, -0.1) is 0 Å². The van der Waals surface area contributed by atoms with E-state index in [9.17, 15) is 26.0 Å². The Morgan fingerprint density at radius 2 is 1.92 bits per heavy atom. The second-order valence-electron chi connectivity index (χ2n) is 5.25. The Labute approximate surface area is 142 Å². The fourth-order valence-electron chi connectivity index (χ4n) is 2.45. The number of nitrogens with one attached hydrogen (secondary N) is 2. The van der Waals surface area contributed by atoms with E-state index in [0.717, 1.165) is 17.0 Å². The van der Waals surface area contributed by atoms with Crippen molar-refractivity contribution in [1.29, 1.82) is 0 Å². The highest BCUT2D eigenvalue weighted by Crippen LogP contribution is 2.27. The molecule has 136 valence electrons. The Morgan fingerprint density at radius 3 is 2.46 bits per heavy atom. The number of hydrogen-bond acceptors (Lipinski definition) is 4. The summed E-state index contributed by atoms with van der Waals surface area (Å²) in [4.78, 5) is 0.287. The first-order valence-corrected chi connectivity index (χ1v) is 8.94. The van der Waals surface area contributed by atoms with Gasteiger partial charge in [0.2, 0.25) is 10.0 Å². The third-order valence-corrected chi connectivity index (χ3v) is 5.55. The zero-order chi connectivity index (χ0) is 18.0. The Bertz CT molecular complexity index is 658. The van der Waals surface area contributed by atoms with Crippen LogP contribution in [0.5, 0.6) is 0 Å². The first kappa shape index (κ1) is 19.4. The molecule has 1 aliphatic heterocycles. The van der Waals surface area contributed by atoms with E-state index >= 15 is 0 Å². The van der Waals surface area contributed by atoms with E-state index < -0.39 is 44.5 Å². The van der Waals surface area contributed by atoms with Crippen LogP contribution in [0.4, 0.5) is 17.6 Å². The lowest BCUT2D eigenvalue weighted by atomic mass is 10.2. The minimum Gasteiger partial charge on any atom is -0.314 e. The normalized spacial score (nSPS) is 18.5. The Balaban J connectivity index is 2.19. The molecule has 2 N–H and O–H groups in total. The predicted octanol–water partition coefficient (Wildman–Crippen LogP) is 1.59. The monoisotopic (exact) mass is 389 g/mol. The average molecular weight is 390 g/mol. The van der Waals surface area contributed by atoms with Crippen LogP contribution in [-0.2, 0) is 10.0 Å². The topological polar surface area (TPSA) is 61.4 Å². The van der Waals surface area contributed by atoms with Gasteiger partial charge in [0.1, 0.15) is 16.8 Å². The second kappa shape index (κ2) is 7.52. The molecule has 24 heavy (non-hydrogen) atoms. The SMILES string of the molecule is O=S(=O)(NCC(N1CCNCC1)C(F)(F)F)c1c(F)cccc1Cl. The fourth-order valence-corrected chi connectivity index (χ4v) is 4.08. The number of hydrogen-bond donors (Lipinski definition) is 2. The van der Waals surface area contributed by atoms with E-state index in [0.29, 0.717) is 13.1 Å². The van der Waals surface area contributed by atoms with Gasteiger partial charge in [0.15, 0.2) is 0 Å². The van der Waals surface area contributed by atoms with Crippen molar-refractivity contribution >= 4 is 21.6 Å². The highest BCUT2D eigenvalue weighted by Gasteiger charge is 2.44. The number of alkyl halides is 3. The smallest absolute Gasteiger partial charge is 0.314 e. The molecule has 0 spiro atoms. The van der Waals surface area contributed by atoms with E-state index in [4.69, 9.17) is 11.6 Å². The van der Waals surface area contributed by atoms with Crippen LogP contribution in [0.3, 0.4) is 0 Å². The number of halogens is 5. The Kier molecular flexibility index (Phi) is 6.08. The minimum atomic E-state index is -4.63. The van der Waals surface area contributed by atoms with Gasteiger partial charge in [-0.3, -0.25) is 4.90 Å². The lowest BCUT2D eigenvalue weighted by molar-refractivity contribution is -0.182.